The average molecular weight is 396 g/mol. The molecule has 1 amide bonds. The monoisotopic (exact) mass is 396 g/mol. The second kappa shape index (κ2) is 7.55. The van der Waals surface area contributed by atoms with Crippen molar-refractivity contribution in [3.8, 4) is 0 Å². The van der Waals surface area contributed by atoms with Gasteiger partial charge in [-0.15, -0.1) is 0 Å². The Morgan fingerprint density at radius 1 is 1.36 bits per heavy atom. The Bertz CT molecular complexity index is 951. The molecule has 1 unspecified atom stereocenters. The molecule has 0 saturated carbocycles. The number of anilines is 1. The number of hydrogen-bond acceptors (Lipinski definition) is 5. The smallest absolute Gasteiger partial charge is 0.274 e. The van der Waals surface area contributed by atoms with Crippen LogP contribution in [-0.4, -0.2) is 36.4 Å². The van der Waals surface area contributed by atoms with Crippen molar-refractivity contribution < 1.29 is 27.1 Å². The molecular formula is C18H16F4N4O2. The lowest BCUT2D eigenvalue weighted by molar-refractivity contribution is -0.0148. The molecule has 0 fully saturated rings. The molecule has 0 saturated heterocycles. The van der Waals surface area contributed by atoms with Crippen LogP contribution >= 0.6 is 0 Å². The largest absolute Gasteiger partial charge is 0.385 e. The molecule has 10 heteroatoms. The van der Waals surface area contributed by atoms with Crippen LogP contribution in [0.25, 0.3) is 0 Å². The number of nitrogens with zero attached hydrogens (tertiary/aromatic N) is 2. The summed E-state index contributed by atoms with van der Waals surface area (Å²) in [5, 5.41) is 2.34. The standard InChI is InChI=1S/C18H16F4N4O2/c1-9-3-2-4-24-15(9)16(27)25-10-5-11(14(20)12(19)6-10)18(17(21)22)8-28-7-13(23)26-18/h2-6,17H,7-8H2,1H3,(H2,23,26)(H,25,27). The number of halogens is 4. The van der Waals surface area contributed by atoms with Crippen molar-refractivity contribution in [2.75, 3.05) is 18.5 Å². The van der Waals surface area contributed by atoms with E-state index < -0.39 is 41.7 Å². The number of amides is 1. The van der Waals surface area contributed by atoms with Gasteiger partial charge in [0.25, 0.3) is 12.3 Å². The zero-order chi connectivity index (χ0) is 20.5. The Morgan fingerprint density at radius 2 is 2.11 bits per heavy atom. The van der Waals surface area contributed by atoms with Crippen LogP contribution in [0.3, 0.4) is 0 Å². The van der Waals surface area contributed by atoms with Crippen molar-refractivity contribution in [1.29, 1.82) is 0 Å². The van der Waals surface area contributed by atoms with Crippen LogP contribution in [0.2, 0.25) is 0 Å². The van der Waals surface area contributed by atoms with Gasteiger partial charge in [-0.05, 0) is 24.6 Å². The Hall–Kier alpha value is -3.01. The first kappa shape index (κ1) is 19.7. The fourth-order valence-electron chi connectivity index (χ4n) is 2.89. The summed E-state index contributed by atoms with van der Waals surface area (Å²) in [6.45, 7) is 0.744. The summed E-state index contributed by atoms with van der Waals surface area (Å²) in [7, 11) is 0. The Balaban J connectivity index is 2.05. The highest BCUT2D eigenvalue weighted by atomic mass is 19.3. The first-order valence-corrected chi connectivity index (χ1v) is 8.17. The van der Waals surface area contributed by atoms with Crippen LogP contribution < -0.4 is 11.1 Å². The number of benzene rings is 1. The third kappa shape index (κ3) is 3.55. The van der Waals surface area contributed by atoms with Crippen LogP contribution in [-0.2, 0) is 10.3 Å². The van der Waals surface area contributed by atoms with E-state index >= 15 is 0 Å². The summed E-state index contributed by atoms with van der Waals surface area (Å²) in [5.74, 6) is -3.92. The molecule has 1 atom stereocenters. The van der Waals surface area contributed by atoms with Crippen molar-refractivity contribution in [3.63, 3.8) is 0 Å². The molecule has 3 rings (SSSR count). The fourth-order valence-corrected chi connectivity index (χ4v) is 2.89. The molecular weight excluding hydrogens is 380 g/mol. The van der Waals surface area contributed by atoms with Crippen LogP contribution in [0.15, 0.2) is 35.5 Å². The number of alkyl halides is 2. The summed E-state index contributed by atoms with van der Waals surface area (Å²) >= 11 is 0. The predicted molar refractivity (Wildman–Crippen MR) is 93.4 cm³/mol. The Labute approximate surface area is 157 Å². The van der Waals surface area contributed by atoms with Crippen LogP contribution in [0, 0.1) is 18.6 Å². The summed E-state index contributed by atoms with van der Waals surface area (Å²) in [5.41, 5.74) is 2.57. The van der Waals surface area contributed by atoms with Gasteiger partial charge in [0.2, 0.25) is 0 Å². The van der Waals surface area contributed by atoms with E-state index in [1.54, 1.807) is 19.1 Å². The quantitative estimate of drug-likeness (QED) is 0.778. The second-order valence-corrected chi connectivity index (χ2v) is 6.26. The summed E-state index contributed by atoms with van der Waals surface area (Å²) in [6, 6.07) is 4.85. The van der Waals surface area contributed by atoms with Crippen LogP contribution in [0.1, 0.15) is 21.6 Å². The summed E-state index contributed by atoms with van der Waals surface area (Å²) in [6.07, 6.45) is -1.84. The van der Waals surface area contributed by atoms with E-state index in [2.05, 4.69) is 15.3 Å². The molecule has 148 valence electrons. The van der Waals surface area contributed by atoms with Gasteiger partial charge in [0.15, 0.2) is 17.2 Å². The molecule has 0 bridgehead atoms. The van der Waals surface area contributed by atoms with E-state index in [-0.39, 0.29) is 23.8 Å². The molecule has 0 aliphatic carbocycles. The van der Waals surface area contributed by atoms with E-state index in [4.69, 9.17) is 10.5 Å². The lowest BCUT2D eigenvalue weighted by Gasteiger charge is -2.33. The summed E-state index contributed by atoms with van der Waals surface area (Å²) < 4.78 is 61.2. The first-order chi connectivity index (χ1) is 13.2. The number of ether oxygens (including phenoxy) is 1. The highest BCUT2D eigenvalue weighted by molar-refractivity contribution is 6.03. The van der Waals surface area contributed by atoms with Crippen molar-refractivity contribution >= 4 is 17.4 Å². The average Bonchev–Trinajstić information content (AvgIpc) is 2.64. The van der Waals surface area contributed by atoms with E-state index in [0.717, 1.165) is 6.07 Å². The minimum atomic E-state index is -3.23. The van der Waals surface area contributed by atoms with Crippen molar-refractivity contribution in [2.45, 2.75) is 18.9 Å². The lowest BCUT2D eigenvalue weighted by Crippen LogP contribution is -2.45. The number of nitrogens with two attached hydrogens (primary N) is 1. The maximum absolute atomic E-state index is 14.4. The van der Waals surface area contributed by atoms with Gasteiger partial charge in [-0.2, -0.15) is 0 Å². The second-order valence-electron chi connectivity index (χ2n) is 6.26. The fraction of sp³-hybridized carbons (Fsp3) is 0.278. The topological polar surface area (TPSA) is 89.6 Å². The van der Waals surface area contributed by atoms with Crippen molar-refractivity contribution in [3.05, 3.63) is 58.9 Å². The molecule has 2 aromatic rings. The number of aryl methyl sites for hydroxylation is 1. The van der Waals surface area contributed by atoms with Gasteiger partial charge < -0.3 is 15.8 Å². The molecule has 3 N–H and O–H groups in total. The zero-order valence-corrected chi connectivity index (χ0v) is 14.7. The predicted octanol–water partition coefficient (Wildman–Crippen LogP) is 2.77. The van der Waals surface area contributed by atoms with Crippen LogP contribution in [0.5, 0.6) is 0 Å². The highest BCUT2D eigenvalue weighted by Crippen LogP contribution is 2.38. The summed E-state index contributed by atoms with van der Waals surface area (Å²) in [4.78, 5) is 20.0. The molecule has 6 nitrogen and oxygen atoms in total. The number of nitrogens with one attached hydrogen (secondary N) is 1. The van der Waals surface area contributed by atoms with Gasteiger partial charge in [-0.25, -0.2) is 17.6 Å². The normalized spacial score (nSPS) is 19.4. The maximum atomic E-state index is 14.4. The van der Waals surface area contributed by atoms with Gasteiger partial charge in [0.05, 0.1) is 6.61 Å². The molecule has 1 aromatic carbocycles. The molecule has 1 aliphatic rings. The van der Waals surface area contributed by atoms with E-state index in [0.29, 0.717) is 11.6 Å². The van der Waals surface area contributed by atoms with E-state index in [1.807, 2.05) is 0 Å². The Kier molecular flexibility index (Phi) is 5.32. The number of aliphatic imine (C=N–C) groups is 1. The first-order valence-electron chi connectivity index (χ1n) is 8.17. The van der Waals surface area contributed by atoms with Gasteiger partial charge in [0.1, 0.15) is 18.1 Å². The van der Waals surface area contributed by atoms with Crippen molar-refractivity contribution in [2.24, 2.45) is 10.7 Å². The number of pyridine rings is 1. The Morgan fingerprint density at radius 3 is 2.75 bits per heavy atom. The number of rotatable bonds is 4. The minimum absolute atomic E-state index is 0.0561. The third-order valence-electron chi connectivity index (χ3n) is 4.25. The third-order valence-corrected chi connectivity index (χ3v) is 4.25. The van der Waals surface area contributed by atoms with Gasteiger partial charge >= 0.3 is 0 Å². The van der Waals surface area contributed by atoms with Crippen LogP contribution in [0.4, 0.5) is 23.2 Å². The molecule has 1 aromatic heterocycles. The molecule has 0 radical (unpaired) electrons. The van der Waals surface area contributed by atoms with Gasteiger partial charge in [-0.1, -0.05) is 6.07 Å². The zero-order valence-electron chi connectivity index (χ0n) is 14.7. The van der Waals surface area contributed by atoms with E-state index in [1.165, 1.54) is 6.20 Å². The highest BCUT2D eigenvalue weighted by Gasteiger charge is 2.47. The SMILES string of the molecule is Cc1cccnc1C(=O)Nc1cc(F)c(F)c(C2(C(F)F)COCC(N)=N2)c1. The molecule has 0 spiro atoms. The van der Waals surface area contributed by atoms with E-state index in [9.17, 15) is 22.4 Å². The number of hydrogen-bond donors (Lipinski definition) is 2. The van der Waals surface area contributed by atoms with Gasteiger partial charge in [0, 0.05) is 23.5 Å². The lowest BCUT2D eigenvalue weighted by atomic mass is 9.89. The molecule has 28 heavy (non-hydrogen) atoms. The number of carbonyl (C=O) groups is 1. The number of aromatic nitrogens is 1. The molecule has 1 aliphatic heterocycles. The minimum Gasteiger partial charge on any atom is -0.385 e. The number of amidine groups is 1. The van der Waals surface area contributed by atoms with Crippen molar-refractivity contribution in [1.82, 2.24) is 4.98 Å². The number of carbonyl (C=O) groups excluding carboxylic acids is 1. The molecule has 2 heterocycles. The van der Waals surface area contributed by atoms with Gasteiger partial charge in [-0.3, -0.25) is 14.8 Å². The maximum Gasteiger partial charge on any atom is 0.274 e.